The van der Waals surface area contributed by atoms with Crippen LogP contribution < -0.4 is 14.8 Å². The quantitative estimate of drug-likeness (QED) is 0.651. The largest absolute Gasteiger partial charge is 0.490 e. The van der Waals surface area contributed by atoms with Crippen LogP contribution in [0.4, 0.5) is 0 Å². The number of hydrogen-bond donors (Lipinski definition) is 1. The topological polar surface area (TPSA) is 111 Å². The zero-order valence-corrected chi connectivity index (χ0v) is 18.4. The predicted octanol–water partition coefficient (Wildman–Crippen LogP) is 1.46. The Labute approximate surface area is 182 Å². The Balaban J connectivity index is 1.33. The molecule has 1 amide bonds. The summed E-state index contributed by atoms with van der Waals surface area (Å²) in [6.45, 7) is 2.97. The Morgan fingerprint density at radius 1 is 1.10 bits per heavy atom. The summed E-state index contributed by atoms with van der Waals surface area (Å²) < 4.78 is 44.0. The Bertz CT molecular complexity index is 937. The number of carbonyl (C=O) groups is 2. The first kappa shape index (κ1) is 21.9. The van der Waals surface area contributed by atoms with Crippen LogP contribution in [0.5, 0.6) is 11.5 Å². The van der Waals surface area contributed by atoms with Crippen LogP contribution in [0.2, 0.25) is 0 Å². The highest BCUT2D eigenvalue weighted by Crippen LogP contribution is 2.34. The molecule has 170 valence electrons. The highest BCUT2D eigenvalue weighted by molar-refractivity contribution is 7.89. The van der Waals surface area contributed by atoms with Crippen LogP contribution in [0.3, 0.4) is 0 Å². The van der Waals surface area contributed by atoms with Gasteiger partial charge < -0.3 is 19.5 Å². The van der Waals surface area contributed by atoms with Gasteiger partial charge in [0, 0.05) is 31.6 Å². The summed E-state index contributed by atoms with van der Waals surface area (Å²) in [6, 6.07) is 4.83. The van der Waals surface area contributed by atoms with E-state index >= 15 is 0 Å². The molecule has 0 radical (unpaired) electrons. The molecule has 0 bridgehead atoms. The van der Waals surface area contributed by atoms with Gasteiger partial charge in [0.25, 0.3) is 5.91 Å². The van der Waals surface area contributed by atoms with Crippen molar-refractivity contribution in [2.75, 3.05) is 26.3 Å². The molecule has 2 heterocycles. The number of esters is 1. The molecule has 1 aromatic carbocycles. The molecule has 31 heavy (non-hydrogen) atoms. The SMILES string of the molecule is C[C@@H](OC(=O)C1CCN(S(=O)(=O)c2ccc3c(c2)OCCCO3)CC1)C(=O)NC1CC1. The summed E-state index contributed by atoms with van der Waals surface area (Å²) in [5, 5.41) is 2.81. The van der Waals surface area contributed by atoms with E-state index in [0.717, 1.165) is 19.3 Å². The molecule has 4 rings (SSSR count). The van der Waals surface area contributed by atoms with Crippen molar-refractivity contribution >= 4 is 21.9 Å². The minimum Gasteiger partial charge on any atom is -0.490 e. The van der Waals surface area contributed by atoms with E-state index in [1.54, 1.807) is 13.0 Å². The third-order valence-electron chi connectivity index (χ3n) is 5.73. The number of hydrogen-bond acceptors (Lipinski definition) is 7. The van der Waals surface area contributed by atoms with Crippen LogP contribution >= 0.6 is 0 Å². The van der Waals surface area contributed by atoms with Gasteiger partial charge in [0.2, 0.25) is 10.0 Å². The smallest absolute Gasteiger partial charge is 0.309 e. The van der Waals surface area contributed by atoms with Crippen LogP contribution in [0, 0.1) is 5.92 Å². The number of sulfonamides is 1. The van der Waals surface area contributed by atoms with E-state index in [1.165, 1.54) is 16.4 Å². The maximum atomic E-state index is 13.1. The number of nitrogens with zero attached hydrogens (tertiary/aromatic N) is 1. The van der Waals surface area contributed by atoms with Crippen molar-refractivity contribution in [2.45, 2.75) is 56.1 Å². The van der Waals surface area contributed by atoms with Crippen LogP contribution in [0.25, 0.3) is 0 Å². The number of amides is 1. The average molecular weight is 453 g/mol. The van der Waals surface area contributed by atoms with E-state index in [0.29, 0.717) is 37.6 Å². The number of ether oxygens (including phenoxy) is 3. The Hall–Kier alpha value is -2.33. The number of rotatable bonds is 6. The maximum Gasteiger partial charge on any atom is 0.309 e. The summed E-state index contributed by atoms with van der Waals surface area (Å²) in [7, 11) is -3.72. The standard InChI is InChI=1S/C21H28N2O7S/c1-14(20(24)22-16-3-4-16)30-21(25)15-7-9-23(10-8-15)31(26,27)17-5-6-18-19(13-17)29-12-2-11-28-18/h5-6,13-16H,2-4,7-12H2,1H3,(H,22,24)/t14-/m1/s1. The molecule has 2 aliphatic heterocycles. The second-order valence-corrected chi connectivity index (χ2v) is 10.1. The summed E-state index contributed by atoms with van der Waals surface area (Å²) in [5.41, 5.74) is 0. The van der Waals surface area contributed by atoms with E-state index < -0.39 is 28.0 Å². The number of carbonyl (C=O) groups excluding carboxylic acids is 2. The maximum absolute atomic E-state index is 13.1. The lowest BCUT2D eigenvalue weighted by atomic mass is 9.98. The first-order chi connectivity index (χ1) is 14.8. The molecule has 1 N–H and O–H groups in total. The number of nitrogens with one attached hydrogen (secondary N) is 1. The summed E-state index contributed by atoms with van der Waals surface area (Å²) in [6.07, 6.45) is 2.50. The third kappa shape index (κ3) is 5.12. The van der Waals surface area contributed by atoms with Gasteiger partial charge in [-0.05, 0) is 44.7 Å². The van der Waals surface area contributed by atoms with Gasteiger partial charge in [-0.2, -0.15) is 4.31 Å². The van der Waals surface area contributed by atoms with Gasteiger partial charge in [-0.3, -0.25) is 9.59 Å². The van der Waals surface area contributed by atoms with Gasteiger partial charge in [-0.15, -0.1) is 0 Å². The van der Waals surface area contributed by atoms with Gasteiger partial charge in [0.15, 0.2) is 17.6 Å². The molecule has 2 fully saturated rings. The lowest BCUT2D eigenvalue weighted by Gasteiger charge is -2.30. The van der Waals surface area contributed by atoms with E-state index in [1.807, 2.05) is 0 Å². The zero-order chi connectivity index (χ0) is 22.0. The first-order valence-electron chi connectivity index (χ1n) is 10.8. The number of benzene rings is 1. The molecular weight excluding hydrogens is 424 g/mol. The van der Waals surface area contributed by atoms with Gasteiger partial charge in [-0.25, -0.2) is 8.42 Å². The molecule has 0 unspecified atom stereocenters. The Morgan fingerprint density at radius 3 is 2.45 bits per heavy atom. The number of piperidine rings is 1. The van der Waals surface area contributed by atoms with E-state index in [-0.39, 0.29) is 29.9 Å². The predicted molar refractivity (Wildman–Crippen MR) is 110 cm³/mol. The molecule has 3 aliphatic rings. The molecule has 1 atom stereocenters. The summed E-state index contributed by atoms with van der Waals surface area (Å²) >= 11 is 0. The van der Waals surface area contributed by atoms with Crippen molar-refractivity contribution in [1.29, 1.82) is 0 Å². The second kappa shape index (κ2) is 9.04. The highest BCUT2D eigenvalue weighted by atomic mass is 32.2. The second-order valence-electron chi connectivity index (χ2n) is 8.20. The molecule has 1 aliphatic carbocycles. The Kier molecular flexibility index (Phi) is 6.38. The lowest BCUT2D eigenvalue weighted by Crippen LogP contribution is -2.42. The lowest BCUT2D eigenvalue weighted by molar-refractivity contribution is -0.159. The zero-order valence-electron chi connectivity index (χ0n) is 17.5. The van der Waals surface area contributed by atoms with Crippen molar-refractivity contribution < 1.29 is 32.2 Å². The van der Waals surface area contributed by atoms with Gasteiger partial charge in [-0.1, -0.05) is 0 Å². The summed E-state index contributed by atoms with van der Waals surface area (Å²) in [4.78, 5) is 24.6. The molecule has 1 aromatic rings. The fourth-order valence-corrected chi connectivity index (χ4v) is 5.14. The fourth-order valence-electron chi connectivity index (χ4n) is 3.66. The summed E-state index contributed by atoms with van der Waals surface area (Å²) in [5.74, 6) is -0.198. The van der Waals surface area contributed by atoms with Crippen molar-refractivity contribution in [3.63, 3.8) is 0 Å². The number of fused-ring (bicyclic) bond motifs is 1. The van der Waals surface area contributed by atoms with Crippen molar-refractivity contribution in [1.82, 2.24) is 9.62 Å². The van der Waals surface area contributed by atoms with Crippen LogP contribution in [0.15, 0.2) is 23.1 Å². The third-order valence-corrected chi connectivity index (χ3v) is 7.62. The van der Waals surface area contributed by atoms with Crippen LogP contribution in [-0.4, -0.2) is 63.0 Å². The van der Waals surface area contributed by atoms with Gasteiger partial charge >= 0.3 is 5.97 Å². The molecule has 9 nitrogen and oxygen atoms in total. The monoisotopic (exact) mass is 452 g/mol. The van der Waals surface area contributed by atoms with Crippen molar-refractivity contribution in [3.8, 4) is 11.5 Å². The van der Waals surface area contributed by atoms with Gasteiger partial charge in [0.05, 0.1) is 24.0 Å². The molecular formula is C21H28N2O7S. The minimum atomic E-state index is -3.72. The Morgan fingerprint density at radius 2 is 1.77 bits per heavy atom. The molecule has 1 saturated heterocycles. The molecule has 0 aromatic heterocycles. The normalized spacial score (nSPS) is 21.1. The van der Waals surface area contributed by atoms with E-state index in [9.17, 15) is 18.0 Å². The van der Waals surface area contributed by atoms with Gasteiger partial charge in [0.1, 0.15) is 0 Å². The highest BCUT2D eigenvalue weighted by Gasteiger charge is 2.35. The first-order valence-corrected chi connectivity index (χ1v) is 12.2. The molecule has 0 spiro atoms. The fraction of sp³-hybridized carbons (Fsp3) is 0.619. The van der Waals surface area contributed by atoms with Crippen LogP contribution in [-0.2, 0) is 24.3 Å². The molecule has 1 saturated carbocycles. The van der Waals surface area contributed by atoms with Crippen molar-refractivity contribution in [3.05, 3.63) is 18.2 Å². The molecule has 10 heteroatoms. The van der Waals surface area contributed by atoms with Crippen LogP contribution in [0.1, 0.15) is 39.0 Å². The van der Waals surface area contributed by atoms with Crippen molar-refractivity contribution in [2.24, 2.45) is 5.92 Å². The minimum absolute atomic E-state index is 0.142. The average Bonchev–Trinajstić information content (AvgIpc) is 3.60. The van der Waals surface area contributed by atoms with E-state index in [2.05, 4.69) is 5.32 Å². The van der Waals surface area contributed by atoms with E-state index in [4.69, 9.17) is 14.2 Å².